The van der Waals surface area contributed by atoms with Crippen molar-refractivity contribution < 1.29 is 0 Å². The van der Waals surface area contributed by atoms with Gasteiger partial charge in [-0.15, -0.1) is 0 Å². The first-order valence-corrected chi connectivity index (χ1v) is 47.5. The molecular weight excluding hydrogens is 1650 g/mol. The number of rotatable bonds is 14. The largest absolute Gasteiger partial charge is 0.310 e. The van der Waals surface area contributed by atoms with Gasteiger partial charge in [0.25, 0.3) is 0 Å². The molecule has 137 heavy (non-hydrogen) atoms. The van der Waals surface area contributed by atoms with E-state index in [-0.39, 0.29) is 5.41 Å². The van der Waals surface area contributed by atoms with Crippen molar-refractivity contribution in [1.82, 2.24) is 9.13 Å². The molecule has 642 valence electrons. The first-order valence-electron chi connectivity index (χ1n) is 47.5. The monoisotopic (exact) mass is 1740 g/mol. The Balaban J connectivity index is 0.000000142. The van der Waals surface area contributed by atoms with Crippen LogP contribution in [0.1, 0.15) is 25.0 Å². The van der Waals surface area contributed by atoms with Gasteiger partial charge in [0, 0.05) is 72.5 Å². The normalized spacial score (nSPS) is 12.2. The van der Waals surface area contributed by atoms with Crippen LogP contribution in [0.15, 0.2) is 510 Å². The molecule has 4 nitrogen and oxygen atoms in total. The van der Waals surface area contributed by atoms with Crippen molar-refractivity contribution in [2.75, 3.05) is 9.80 Å². The van der Waals surface area contributed by atoms with Crippen LogP contribution in [0, 0.1) is 0 Å². The van der Waals surface area contributed by atoms with Crippen LogP contribution >= 0.6 is 0 Å². The van der Waals surface area contributed by atoms with Crippen LogP contribution in [0.2, 0.25) is 0 Å². The molecule has 26 aromatic rings. The molecule has 0 saturated carbocycles. The molecule has 0 bridgehead atoms. The van der Waals surface area contributed by atoms with E-state index >= 15 is 0 Å². The molecule has 27 rings (SSSR count). The van der Waals surface area contributed by atoms with Crippen molar-refractivity contribution >= 4 is 153 Å². The van der Waals surface area contributed by atoms with Crippen LogP contribution in [-0.4, -0.2) is 9.13 Å². The summed E-state index contributed by atoms with van der Waals surface area (Å²) in [5, 5.41) is 22.4. The molecule has 0 unspecified atom stereocenters. The summed E-state index contributed by atoms with van der Waals surface area (Å²) in [6.07, 6.45) is 0. The molecule has 2 aromatic heterocycles. The zero-order valence-corrected chi connectivity index (χ0v) is 75.8. The predicted molar refractivity (Wildman–Crippen MR) is 584 cm³/mol. The Hall–Kier alpha value is -17.7. The van der Waals surface area contributed by atoms with Gasteiger partial charge in [-0.2, -0.15) is 0 Å². The predicted octanol–water partition coefficient (Wildman–Crippen LogP) is 36.9. The topological polar surface area (TPSA) is 16.3 Å². The van der Waals surface area contributed by atoms with Crippen molar-refractivity contribution in [2.45, 2.75) is 19.3 Å². The second kappa shape index (κ2) is 32.9. The lowest BCUT2D eigenvalue weighted by Gasteiger charge is -2.28. The van der Waals surface area contributed by atoms with Crippen LogP contribution in [0.4, 0.5) is 34.1 Å². The molecule has 0 amide bonds. The van der Waals surface area contributed by atoms with E-state index in [1.165, 1.54) is 208 Å². The van der Waals surface area contributed by atoms with E-state index in [1.54, 1.807) is 0 Å². The molecule has 24 aromatic carbocycles. The highest BCUT2D eigenvalue weighted by Gasteiger charge is 2.37. The minimum absolute atomic E-state index is 0.275. The van der Waals surface area contributed by atoms with Gasteiger partial charge in [-0.25, -0.2) is 0 Å². The van der Waals surface area contributed by atoms with Gasteiger partial charge in [0.1, 0.15) is 0 Å². The molecule has 0 N–H and O–H groups in total. The molecule has 0 fully saturated rings. The Morgan fingerprint density at radius 1 is 0.161 bits per heavy atom. The lowest BCUT2D eigenvalue weighted by atomic mass is 9.80. The number of hydrogen-bond donors (Lipinski definition) is 0. The fourth-order valence-electron chi connectivity index (χ4n) is 22.6. The number of para-hydroxylation sites is 4. The summed E-state index contributed by atoms with van der Waals surface area (Å²) in [4.78, 5) is 4.87. The average molecular weight is 1740 g/mol. The van der Waals surface area contributed by atoms with Gasteiger partial charge < -0.3 is 18.9 Å². The first kappa shape index (κ1) is 80.2. The van der Waals surface area contributed by atoms with Crippen LogP contribution in [0.25, 0.3) is 208 Å². The highest BCUT2D eigenvalue weighted by Crippen LogP contribution is 2.55. The summed E-state index contributed by atoms with van der Waals surface area (Å²) in [6.45, 7) is 4.82. The summed E-state index contributed by atoms with van der Waals surface area (Å²) < 4.78 is 4.78. The smallest absolute Gasteiger partial charge is 0.0542 e. The summed E-state index contributed by atoms with van der Waals surface area (Å²) in [7, 11) is 0. The summed E-state index contributed by atoms with van der Waals surface area (Å²) in [5.41, 5.74) is 33.6. The van der Waals surface area contributed by atoms with E-state index in [9.17, 15) is 0 Å². The van der Waals surface area contributed by atoms with Gasteiger partial charge in [0.2, 0.25) is 0 Å². The molecule has 1 aliphatic carbocycles. The third-order valence-electron chi connectivity index (χ3n) is 28.9. The fraction of sp³-hybridized carbons (Fsp3) is 0.0226. The van der Waals surface area contributed by atoms with Gasteiger partial charge in [-0.3, -0.25) is 0 Å². The van der Waals surface area contributed by atoms with Crippen molar-refractivity contribution in [3.8, 4) is 89.3 Å². The van der Waals surface area contributed by atoms with Crippen molar-refractivity contribution in [1.29, 1.82) is 0 Å². The van der Waals surface area contributed by atoms with Crippen molar-refractivity contribution in [2.24, 2.45) is 0 Å². The lowest BCUT2D eigenvalue weighted by molar-refractivity contribution is 0.660. The van der Waals surface area contributed by atoms with Gasteiger partial charge in [-0.1, -0.05) is 390 Å². The Bertz CT molecular complexity index is 9170. The summed E-state index contributed by atoms with van der Waals surface area (Å²) in [6, 6.07) is 187. The van der Waals surface area contributed by atoms with Crippen LogP contribution in [0.5, 0.6) is 0 Å². The van der Waals surface area contributed by atoms with Crippen molar-refractivity contribution in [3.05, 3.63) is 521 Å². The van der Waals surface area contributed by atoms with Gasteiger partial charge in [0.05, 0.1) is 22.1 Å². The maximum atomic E-state index is 2.49. The Morgan fingerprint density at radius 2 is 0.445 bits per heavy atom. The third kappa shape index (κ3) is 13.5. The minimum Gasteiger partial charge on any atom is -0.310 e. The second-order valence-corrected chi connectivity index (χ2v) is 36.9. The van der Waals surface area contributed by atoms with E-state index in [0.717, 1.165) is 45.5 Å². The Morgan fingerprint density at radius 3 is 0.883 bits per heavy atom. The standard InChI is InChI=1S/C69H48N2.C64H42N2/c1-69(2)63-42-48(68-60-28-13-11-26-58(60)67(47-19-5-3-6-20-47)59-27-12-14-29-61(59)68)34-39-55(63)56-40-37-52(44-64(56)69)70(50-35-32-46(33-36-50)54-30-17-21-45-18-9-10-24-53(45)54)51-38-41-66-62(43-51)57-25-15-16-31-65(57)71(66)49-22-7-4-8-23-49;1-3-17-45(18-4-1)63-56-24-9-11-26-58(56)64(59-27-12-10-25-57(59)63)48-31-30-47-41-51(37-34-46(47)40-48)65(50-35-32-44(33-36-50)54-28-15-19-43-16-7-8-22-53(43)54)52-38-39-62-60(42-52)55-23-13-14-29-61(55)66(62)49-20-5-2-6-21-49/h3-44H,1-2H3;1-42H. The van der Waals surface area contributed by atoms with E-state index in [1.807, 2.05) is 0 Å². The fourth-order valence-corrected chi connectivity index (χ4v) is 22.6. The lowest BCUT2D eigenvalue weighted by Crippen LogP contribution is -2.16. The van der Waals surface area contributed by atoms with Crippen molar-refractivity contribution in [3.63, 3.8) is 0 Å². The quantitative estimate of drug-likeness (QED) is 0.101. The molecule has 0 spiro atoms. The number of nitrogens with zero attached hydrogens (tertiary/aromatic N) is 4. The zero-order chi connectivity index (χ0) is 90.8. The van der Waals surface area contributed by atoms with E-state index < -0.39 is 0 Å². The summed E-state index contributed by atoms with van der Waals surface area (Å²) in [5.74, 6) is 0. The number of aromatic nitrogens is 2. The highest BCUT2D eigenvalue weighted by atomic mass is 15.2. The van der Waals surface area contributed by atoms with E-state index in [4.69, 9.17) is 0 Å². The number of anilines is 6. The maximum Gasteiger partial charge on any atom is 0.0542 e. The van der Waals surface area contributed by atoms with Gasteiger partial charge >= 0.3 is 0 Å². The minimum atomic E-state index is -0.275. The average Bonchev–Trinajstić information content (AvgIpc) is 1.57. The van der Waals surface area contributed by atoms with Gasteiger partial charge in [-0.05, 0) is 298 Å². The third-order valence-corrected chi connectivity index (χ3v) is 28.9. The van der Waals surface area contributed by atoms with E-state index in [0.29, 0.717) is 0 Å². The zero-order valence-electron chi connectivity index (χ0n) is 75.8. The SMILES string of the molecule is CC1(C)c2cc(-c3c4ccccc4c(-c4ccccc4)c4ccccc34)ccc2-c2ccc(N(c3ccc(-c4cccc5ccccc45)cc3)c3ccc4c(c3)c3ccccc3n4-c3ccccc3)cc21.c1ccc(-c2c3ccccc3c(-c3ccc4cc(N(c5ccc(-c6cccc7ccccc67)cc5)c5ccc6c(c5)c5ccccc5n6-c5ccccc5)ccc4c3)c3ccccc23)cc1. The molecule has 2 heterocycles. The number of fused-ring (bicyclic) bond motifs is 16. The molecule has 0 atom stereocenters. The number of hydrogen-bond acceptors (Lipinski definition) is 2. The highest BCUT2D eigenvalue weighted by molar-refractivity contribution is 6.24. The second-order valence-electron chi connectivity index (χ2n) is 36.9. The summed E-state index contributed by atoms with van der Waals surface area (Å²) >= 11 is 0. The number of benzene rings is 24. The molecule has 1 aliphatic rings. The molecule has 0 aliphatic heterocycles. The van der Waals surface area contributed by atoms with E-state index in [2.05, 4.69) is 542 Å². The molecule has 4 heteroatoms. The Kier molecular flexibility index (Phi) is 19.3. The first-order chi connectivity index (χ1) is 67.7. The van der Waals surface area contributed by atoms with Gasteiger partial charge in [0.15, 0.2) is 0 Å². The molecular formula is C133H90N4. The molecule has 0 radical (unpaired) electrons. The maximum absolute atomic E-state index is 2.49. The van der Waals surface area contributed by atoms with Crippen LogP contribution < -0.4 is 9.80 Å². The molecule has 0 saturated heterocycles. The van der Waals surface area contributed by atoms with Crippen LogP contribution in [-0.2, 0) is 5.41 Å². The Labute approximate surface area is 795 Å². The van der Waals surface area contributed by atoms with Crippen LogP contribution in [0.3, 0.4) is 0 Å².